The summed E-state index contributed by atoms with van der Waals surface area (Å²) in [5.41, 5.74) is -0.968. The van der Waals surface area contributed by atoms with Crippen molar-refractivity contribution < 1.29 is 31.5 Å². The fourth-order valence-electron chi connectivity index (χ4n) is 4.79. The first-order valence-corrected chi connectivity index (χ1v) is 11.0. The van der Waals surface area contributed by atoms with Crippen LogP contribution in [0.4, 0.5) is 22.0 Å². The first kappa shape index (κ1) is 23.1. The van der Waals surface area contributed by atoms with E-state index in [9.17, 15) is 26.7 Å². The fraction of sp³-hybridized carbons (Fsp3) is 0.333. The number of halogens is 5. The largest absolute Gasteiger partial charge is 0.472 e. The minimum absolute atomic E-state index is 0.0362. The summed E-state index contributed by atoms with van der Waals surface area (Å²) in [7, 11) is 0. The highest BCUT2D eigenvalue weighted by Gasteiger charge is 2.45. The van der Waals surface area contributed by atoms with Crippen LogP contribution in [-0.2, 0) is 6.18 Å². The van der Waals surface area contributed by atoms with E-state index in [1.54, 1.807) is 4.90 Å². The van der Waals surface area contributed by atoms with Crippen molar-refractivity contribution in [1.29, 1.82) is 0 Å². The number of carbonyl (C=O) groups excluding carboxylic acids is 1. The number of aromatic nitrogens is 3. The maximum atomic E-state index is 14.8. The zero-order valence-corrected chi connectivity index (χ0v) is 18.2. The van der Waals surface area contributed by atoms with Crippen LogP contribution in [0.15, 0.2) is 48.9 Å². The Balaban J connectivity index is 1.41. The lowest BCUT2D eigenvalue weighted by Gasteiger charge is -2.49. The van der Waals surface area contributed by atoms with Gasteiger partial charge in [-0.3, -0.25) is 4.79 Å². The van der Waals surface area contributed by atoms with Crippen LogP contribution < -0.4 is 4.74 Å². The Morgan fingerprint density at radius 1 is 1.00 bits per heavy atom. The molecule has 11 heteroatoms. The number of carbonyl (C=O) groups is 1. The van der Waals surface area contributed by atoms with E-state index in [4.69, 9.17) is 4.74 Å². The molecule has 0 unspecified atom stereocenters. The fourth-order valence-corrected chi connectivity index (χ4v) is 4.79. The van der Waals surface area contributed by atoms with E-state index in [1.807, 2.05) is 0 Å². The zero-order chi connectivity index (χ0) is 24.7. The third-order valence-electron chi connectivity index (χ3n) is 6.41. The molecule has 1 aromatic carbocycles. The van der Waals surface area contributed by atoms with Crippen molar-refractivity contribution in [1.82, 2.24) is 19.9 Å². The molecule has 0 radical (unpaired) electrons. The number of nitrogens with zero attached hydrogens (tertiary/aromatic N) is 4. The molecule has 35 heavy (non-hydrogen) atoms. The highest BCUT2D eigenvalue weighted by atomic mass is 19.4. The second-order valence-electron chi connectivity index (χ2n) is 8.63. The zero-order valence-electron chi connectivity index (χ0n) is 18.2. The second kappa shape index (κ2) is 8.86. The summed E-state index contributed by atoms with van der Waals surface area (Å²) in [4.78, 5) is 26.6. The topological polar surface area (TPSA) is 68.2 Å². The normalized spacial score (nSPS) is 21.7. The summed E-state index contributed by atoms with van der Waals surface area (Å²) < 4.78 is 72.5. The number of hydrogen-bond acceptors (Lipinski definition) is 5. The molecule has 1 saturated carbocycles. The first-order chi connectivity index (χ1) is 16.7. The average Bonchev–Trinajstić information content (AvgIpc) is 2.84. The molecule has 2 aliphatic heterocycles. The molecular weight excluding hydrogens is 471 g/mol. The molecule has 3 fully saturated rings. The number of alkyl halides is 3. The molecular formula is C24H19F5N4O2. The van der Waals surface area contributed by atoms with Crippen molar-refractivity contribution in [2.45, 2.75) is 37.6 Å². The van der Waals surface area contributed by atoms with Gasteiger partial charge in [-0.1, -0.05) is 6.07 Å². The van der Waals surface area contributed by atoms with Crippen LogP contribution in [0.2, 0.25) is 0 Å². The molecule has 3 aromatic rings. The number of pyridine rings is 1. The number of hydrogen-bond donors (Lipinski definition) is 0. The summed E-state index contributed by atoms with van der Waals surface area (Å²) in [6.45, 7) is 0.435. The molecule has 3 aliphatic rings. The highest BCUT2D eigenvalue weighted by Crippen LogP contribution is 2.39. The third kappa shape index (κ3) is 4.54. The third-order valence-corrected chi connectivity index (χ3v) is 6.41. The second-order valence-corrected chi connectivity index (χ2v) is 8.63. The number of benzene rings is 1. The van der Waals surface area contributed by atoms with Crippen molar-refractivity contribution in [3.05, 3.63) is 71.7 Å². The van der Waals surface area contributed by atoms with E-state index in [0.717, 1.165) is 30.9 Å². The van der Waals surface area contributed by atoms with Gasteiger partial charge in [0.25, 0.3) is 5.91 Å². The van der Waals surface area contributed by atoms with Crippen molar-refractivity contribution in [3.63, 3.8) is 0 Å². The van der Waals surface area contributed by atoms with E-state index in [0.29, 0.717) is 25.6 Å². The van der Waals surface area contributed by atoms with Gasteiger partial charge in [0.05, 0.1) is 35.1 Å². The number of fused-ring (bicyclic) bond motifs is 3. The Kier molecular flexibility index (Phi) is 5.86. The molecule has 6 rings (SSSR count). The Labute approximate surface area is 196 Å². The maximum absolute atomic E-state index is 14.8. The van der Waals surface area contributed by atoms with Crippen LogP contribution in [0.3, 0.4) is 0 Å². The SMILES string of the molecule is O=C(c1cccc(F)c1-c1ncc(F)cn1)N1C[C@@H]2CC[C@H]1[C@H](Oc1ccc(C(F)(F)F)cn1)C2. The van der Waals surface area contributed by atoms with E-state index < -0.39 is 35.4 Å². The van der Waals surface area contributed by atoms with E-state index in [-0.39, 0.29) is 34.8 Å². The summed E-state index contributed by atoms with van der Waals surface area (Å²) in [6, 6.07) is 5.72. The smallest absolute Gasteiger partial charge is 0.417 e. The molecule has 0 N–H and O–H groups in total. The van der Waals surface area contributed by atoms with Gasteiger partial charge in [0.1, 0.15) is 11.9 Å². The molecule has 1 amide bonds. The molecule has 2 aromatic heterocycles. The minimum Gasteiger partial charge on any atom is -0.472 e. The first-order valence-electron chi connectivity index (χ1n) is 11.0. The lowest BCUT2D eigenvalue weighted by molar-refractivity contribution is -0.137. The van der Waals surface area contributed by atoms with E-state index in [2.05, 4.69) is 15.0 Å². The van der Waals surface area contributed by atoms with Gasteiger partial charge in [0, 0.05) is 18.8 Å². The number of piperidine rings is 2. The van der Waals surface area contributed by atoms with Crippen molar-refractivity contribution in [3.8, 4) is 17.3 Å². The molecule has 1 aliphatic carbocycles. The molecule has 2 bridgehead atoms. The van der Waals surface area contributed by atoms with Crippen molar-refractivity contribution >= 4 is 5.91 Å². The Hall–Kier alpha value is -3.63. The van der Waals surface area contributed by atoms with Crippen molar-refractivity contribution in [2.24, 2.45) is 5.92 Å². The van der Waals surface area contributed by atoms with E-state index in [1.165, 1.54) is 18.2 Å². The minimum atomic E-state index is -4.50. The van der Waals surface area contributed by atoms with Gasteiger partial charge in [0.2, 0.25) is 5.88 Å². The monoisotopic (exact) mass is 490 g/mol. The predicted octanol–water partition coefficient (Wildman–Crippen LogP) is 4.91. The van der Waals surface area contributed by atoms with Crippen LogP contribution in [0.25, 0.3) is 11.4 Å². The molecule has 182 valence electrons. The summed E-state index contributed by atoms with van der Waals surface area (Å²) in [5.74, 6) is -1.82. The number of rotatable bonds is 4. The summed E-state index contributed by atoms with van der Waals surface area (Å²) in [5, 5.41) is 0. The van der Waals surface area contributed by atoms with E-state index >= 15 is 0 Å². The standard InChI is InChI=1S/C24H19F5N4O2/c25-15-10-31-22(32-11-15)21-16(2-1-3-17(21)26)23(34)33-12-13-4-6-18(33)19(8-13)35-20-7-5-14(9-30-20)24(27,28)29/h1-3,5,7,9-11,13,18-19H,4,6,8,12H2/t13-,18+,19-/m1/s1. The molecule has 2 saturated heterocycles. The number of amides is 1. The molecule has 6 nitrogen and oxygen atoms in total. The molecule has 3 atom stereocenters. The van der Waals surface area contributed by atoms with Crippen LogP contribution in [0.5, 0.6) is 5.88 Å². The van der Waals surface area contributed by atoms with Gasteiger partial charge in [0.15, 0.2) is 11.6 Å². The van der Waals surface area contributed by atoms with Gasteiger partial charge >= 0.3 is 6.18 Å². The van der Waals surface area contributed by atoms with Crippen LogP contribution in [-0.4, -0.2) is 44.4 Å². The molecule has 0 spiro atoms. The van der Waals surface area contributed by atoms with Crippen LogP contribution in [0, 0.1) is 17.6 Å². The molecule has 4 heterocycles. The predicted molar refractivity (Wildman–Crippen MR) is 113 cm³/mol. The summed E-state index contributed by atoms with van der Waals surface area (Å²) >= 11 is 0. The van der Waals surface area contributed by atoms with Gasteiger partial charge < -0.3 is 9.64 Å². The van der Waals surface area contributed by atoms with Gasteiger partial charge in [-0.25, -0.2) is 23.7 Å². The average molecular weight is 490 g/mol. The van der Waals surface area contributed by atoms with Crippen LogP contribution in [0.1, 0.15) is 35.2 Å². The Morgan fingerprint density at radius 3 is 2.43 bits per heavy atom. The lowest BCUT2D eigenvalue weighted by atomic mass is 9.77. The van der Waals surface area contributed by atoms with Crippen molar-refractivity contribution in [2.75, 3.05) is 6.54 Å². The van der Waals surface area contributed by atoms with Gasteiger partial charge in [-0.2, -0.15) is 13.2 Å². The Bertz CT molecular complexity index is 1230. The van der Waals surface area contributed by atoms with Crippen LogP contribution >= 0.6 is 0 Å². The lowest BCUT2D eigenvalue weighted by Crippen LogP contribution is -2.59. The van der Waals surface area contributed by atoms with Gasteiger partial charge in [-0.05, 0) is 43.4 Å². The summed E-state index contributed by atoms with van der Waals surface area (Å²) in [6.07, 6.45) is -0.370. The highest BCUT2D eigenvalue weighted by molar-refractivity contribution is 6.00. The Morgan fingerprint density at radius 2 is 1.77 bits per heavy atom. The maximum Gasteiger partial charge on any atom is 0.417 e. The van der Waals surface area contributed by atoms with Gasteiger partial charge in [-0.15, -0.1) is 0 Å². The number of ether oxygens (including phenoxy) is 1. The quantitative estimate of drug-likeness (QED) is 0.487.